The lowest BCUT2D eigenvalue weighted by molar-refractivity contribution is 0.761. The van der Waals surface area contributed by atoms with Crippen LogP contribution in [0.2, 0.25) is 0 Å². The second-order valence-electron chi connectivity index (χ2n) is 2.36. The van der Waals surface area contributed by atoms with E-state index < -0.39 is 0 Å². The van der Waals surface area contributed by atoms with Crippen LogP contribution in [-0.2, 0) is 7.05 Å². The van der Waals surface area contributed by atoms with Crippen LogP contribution in [0.25, 0.3) is 10.9 Å². The number of halogens is 1. The molecular weight excluding hydrogens is 204 g/mol. The Hall–Kier alpha value is -0.830. The fraction of sp³-hybridized carbons (Fsp3) is 0.125. The van der Waals surface area contributed by atoms with E-state index in [1.807, 2.05) is 25.2 Å². The summed E-state index contributed by atoms with van der Waals surface area (Å²) in [5, 5.41) is 5.38. The van der Waals surface area contributed by atoms with Crippen LogP contribution in [0, 0.1) is 6.07 Å². The maximum atomic E-state index is 4.25. The lowest BCUT2D eigenvalue weighted by Gasteiger charge is -1.87. The SMILES string of the molecule is Cn1nc2c[c]ccc2c1Br. The van der Waals surface area contributed by atoms with Crippen LogP contribution in [0.4, 0.5) is 0 Å². The molecule has 2 nitrogen and oxygen atoms in total. The second-order valence-corrected chi connectivity index (χ2v) is 3.11. The molecule has 1 aromatic carbocycles. The molecule has 0 aliphatic carbocycles. The van der Waals surface area contributed by atoms with Crippen LogP contribution >= 0.6 is 15.9 Å². The predicted octanol–water partition coefficient (Wildman–Crippen LogP) is 2.14. The highest BCUT2D eigenvalue weighted by molar-refractivity contribution is 9.10. The van der Waals surface area contributed by atoms with Gasteiger partial charge >= 0.3 is 0 Å². The number of hydrogen-bond donors (Lipinski definition) is 0. The minimum Gasteiger partial charge on any atom is -0.260 e. The van der Waals surface area contributed by atoms with Gasteiger partial charge in [-0.2, -0.15) is 5.10 Å². The fourth-order valence-corrected chi connectivity index (χ4v) is 1.47. The zero-order valence-corrected chi connectivity index (χ0v) is 7.59. The van der Waals surface area contributed by atoms with Crippen LogP contribution < -0.4 is 0 Å². The summed E-state index contributed by atoms with van der Waals surface area (Å²) in [5.74, 6) is 0. The molecule has 0 aliphatic heterocycles. The highest BCUT2D eigenvalue weighted by Gasteiger charge is 2.02. The molecule has 3 heteroatoms. The first kappa shape index (κ1) is 6.85. The molecular formula is C8H6BrN2. The van der Waals surface area contributed by atoms with E-state index in [1.54, 1.807) is 4.68 Å². The molecule has 0 atom stereocenters. The number of rotatable bonds is 0. The van der Waals surface area contributed by atoms with Crippen LogP contribution in [0.1, 0.15) is 0 Å². The van der Waals surface area contributed by atoms with Crippen molar-refractivity contribution in [2.24, 2.45) is 7.05 Å². The molecule has 0 fully saturated rings. The second kappa shape index (κ2) is 2.34. The number of nitrogens with zero attached hydrogens (tertiary/aromatic N) is 2. The van der Waals surface area contributed by atoms with Gasteiger partial charge < -0.3 is 0 Å². The smallest absolute Gasteiger partial charge is 0.111 e. The summed E-state index contributed by atoms with van der Waals surface area (Å²) in [4.78, 5) is 0. The zero-order valence-electron chi connectivity index (χ0n) is 6.00. The molecule has 0 saturated carbocycles. The summed E-state index contributed by atoms with van der Waals surface area (Å²) in [6.45, 7) is 0. The number of fused-ring (bicyclic) bond motifs is 1. The summed E-state index contributed by atoms with van der Waals surface area (Å²) >= 11 is 3.44. The van der Waals surface area contributed by atoms with Gasteiger partial charge in [-0.1, -0.05) is 6.07 Å². The van der Waals surface area contributed by atoms with Crippen LogP contribution in [0.15, 0.2) is 22.8 Å². The maximum Gasteiger partial charge on any atom is 0.111 e. The molecule has 1 radical (unpaired) electrons. The summed E-state index contributed by atoms with van der Waals surface area (Å²) < 4.78 is 2.82. The molecule has 11 heavy (non-hydrogen) atoms. The number of aryl methyl sites for hydroxylation is 1. The van der Waals surface area contributed by atoms with Crippen molar-refractivity contribution in [3.05, 3.63) is 28.9 Å². The third kappa shape index (κ3) is 0.959. The lowest BCUT2D eigenvalue weighted by atomic mass is 10.3. The summed E-state index contributed by atoms with van der Waals surface area (Å²) in [5.41, 5.74) is 0.974. The fourth-order valence-electron chi connectivity index (χ4n) is 1.06. The largest absolute Gasteiger partial charge is 0.260 e. The number of hydrogen-bond acceptors (Lipinski definition) is 1. The zero-order chi connectivity index (χ0) is 7.84. The summed E-state index contributed by atoms with van der Waals surface area (Å²) in [6, 6.07) is 8.73. The quantitative estimate of drug-likeness (QED) is 0.651. The van der Waals surface area contributed by atoms with E-state index in [-0.39, 0.29) is 0 Å². The average molecular weight is 210 g/mol. The van der Waals surface area contributed by atoms with Crippen LogP contribution in [-0.4, -0.2) is 9.78 Å². The van der Waals surface area contributed by atoms with Gasteiger partial charge in [-0.15, -0.1) is 0 Å². The molecule has 2 rings (SSSR count). The first-order valence-corrected chi connectivity index (χ1v) is 4.06. The van der Waals surface area contributed by atoms with Gasteiger partial charge in [0.1, 0.15) is 4.60 Å². The predicted molar refractivity (Wildman–Crippen MR) is 47.3 cm³/mol. The van der Waals surface area contributed by atoms with Crippen molar-refractivity contribution in [2.45, 2.75) is 0 Å². The Morgan fingerprint density at radius 2 is 2.45 bits per heavy atom. The number of benzene rings is 1. The van der Waals surface area contributed by atoms with E-state index in [0.29, 0.717) is 0 Å². The Morgan fingerprint density at radius 1 is 1.64 bits per heavy atom. The van der Waals surface area contributed by atoms with Crippen molar-refractivity contribution in [1.82, 2.24) is 9.78 Å². The Balaban J connectivity index is 2.92. The van der Waals surface area contributed by atoms with Gasteiger partial charge in [0.15, 0.2) is 0 Å². The lowest BCUT2D eigenvalue weighted by Crippen LogP contribution is -1.88. The number of aromatic nitrogens is 2. The van der Waals surface area contributed by atoms with Gasteiger partial charge in [-0.3, -0.25) is 4.68 Å². The summed E-state index contributed by atoms with van der Waals surface area (Å²) in [6.07, 6.45) is 0. The standard InChI is InChI=1S/C8H6BrN2/c1-11-8(9)6-4-2-3-5-7(6)10-11/h2,4-5H,1H3. The molecule has 0 amide bonds. The third-order valence-electron chi connectivity index (χ3n) is 1.61. The Morgan fingerprint density at radius 3 is 3.18 bits per heavy atom. The van der Waals surface area contributed by atoms with Gasteiger partial charge in [-0.05, 0) is 34.1 Å². The highest BCUT2D eigenvalue weighted by Crippen LogP contribution is 2.21. The molecule has 2 aromatic rings. The molecule has 0 N–H and O–H groups in total. The molecule has 0 bridgehead atoms. The van der Waals surface area contributed by atoms with Gasteiger partial charge in [0.25, 0.3) is 0 Å². The van der Waals surface area contributed by atoms with Gasteiger partial charge in [0.2, 0.25) is 0 Å². The van der Waals surface area contributed by atoms with E-state index >= 15 is 0 Å². The van der Waals surface area contributed by atoms with E-state index in [4.69, 9.17) is 0 Å². The van der Waals surface area contributed by atoms with Crippen molar-refractivity contribution >= 4 is 26.8 Å². The third-order valence-corrected chi connectivity index (χ3v) is 2.55. The van der Waals surface area contributed by atoms with Gasteiger partial charge in [0.05, 0.1) is 5.52 Å². The van der Waals surface area contributed by atoms with Gasteiger partial charge in [-0.25, -0.2) is 0 Å². The first-order valence-electron chi connectivity index (χ1n) is 3.27. The first-order chi connectivity index (χ1) is 5.29. The van der Waals surface area contributed by atoms with Crippen molar-refractivity contribution in [1.29, 1.82) is 0 Å². The molecule has 1 heterocycles. The van der Waals surface area contributed by atoms with E-state index in [0.717, 1.165) is 15.5 Å². The van der Waals surface area contributed by atoms with Gasteiger partial charge in [0, 0.05) is 12.4 Å². The topological polar surface area (TPSA) is 17.8 Å². The van der Waals surface area contributed by atoms with Crippen LogP contribution in [0.5, 0.6) is 0 Å². The normalized spacial score (nSPS) is 10.7. The summed E-state index contributed by atoms with van der Waals surface area (Å²) in [7, 11) is 1.91. The van der Waals surface area contributed by atoms with E-state index in [1.165, 1.54) is 0 Å². The molecule has 0 spiro atoms. The highest BCUT2D eigenvalue weighted by atomic mass is 79.9. The molecule has 0 unspecified atom stereocenters. The monoisotopic (exact) mass is 209 g/mol. The molecule has 55 valence electrons. The Bertz CT molecular complexity index is 392. The van der Waals surface area contributed by atoms with Crippen LogP contribution in [0.3, 0.4) is 0 Å². The minimum atomic E-state index is 0.974. The molecule has 0 aliphatic rings. The Labute approximate surface area is 73.0 Å². The average Bonchev–Trinajstić information content (AvgIpc) is 2.30. The Kier molecular flexibility index (Phi) is 1.46. The molecule has 1 aromatic heterocycles. The van der Waals surface area contributed by atoms with E-state index in [2.05, 4.69) is 27.1 Å². The van der Waals surface area contributed by atoms with Crippen molar-refractivity contribution in [2.75, 3.05) is 0 Å². The van der Waals surface area contributed by atoms with E-state index in [9.17, 15) is 0 Å². The van der Waals surface area contributed by atoms with Crippen molar-refractivity contribution in [3.8, 4) is 0 Å². The van der Waals surface area contributed by atoms with Crippen molar-refractivity contribution < 1.29 is 0 Å². The minimum absolute atomic E-state index is 0.974. The maximum absolute atomic E-state index is 4.25. The molecule has 0 saturated heterocycles. The van der Waals surface area contributed by atoms with Crippen molar-refractivity contribution in [3.63, 3.8) is 0 Å².